The Balaban J connectivity index is 1.84. The van der Waals surface area contributed by atoms with E-state index in [0.29, 0.717) is 23.8 Å². The van der Waals surface area contributed by atoms with Crippen molar-refractivity contribution in [1.82, 2.24) is 10.6 Å². The number of carbonyl (C=O) groups excluding carboxylic acids is 1. The summed E-state index contributed by atoms with van der Waals surface area (Å²) in [5, 5.41) is 5.69. The summed E-state index contributed by atoms with van der Waals surface area (Å²) in [6.07, 6.45) is 0.629. The lowest BCUT2D eigenvalue weighted by atomic mass is 9.87. The predicted octanol–water partition coefficient (Wildman–Crippen LogP) is 1.88. The molecule has 0 spiro atoms. The summed E-state index contributed by atoms with van der Waals surface area (Å²) < 4.78 is 28.9. The third kappa shape index (κ3) is 2.59. The van der Waals surface area contributed by atoms with Crippen molar-refractivity contribution in [2.24, 2.45) is 0 Å². The van der Waals surface area contributed by atoms with Crippen molar-refractivity contribution >= 4 is 11.6 Å². The number of amides is 1. The summed E-state index contributed by atoms with van der Waals surface area (Å²) in [4.78, 5) is 13.2. The van der Waals surface area contributed by atoms with Crippen molar-refractivity contribution < 1.29 is 13.6 Å². The molecule has 22 heavy (non-hydrogen) atoms. The number of hydrogen-bond acceptors (Lipinski definition) is 3. The summed E-state index contributed by atoms with van der Waals surface area (Å²) in [6, 6.07) is 3.10. The van der Waals surface area contributed by atoms with Gasteiger partial charge in [0.2, 0.25) is 5.91 Å². The van der Waals surface area contributed by atoms with Crippen LogP contribution in [0, 0.1) is 11.6 Å². The van der Waals surface area contributed by atoms with Gasteiger partial charge in [-0.3, -0.25) is 4.79 Å². The third-order valence-corrected chi connectivity index (χ3v) is 4.45. The molecule has 2 aliphatic heterocycles. The molecule has 0 aromatic heterocycles. The van der Waals surface area contributed by atoms with Crippen LogP contribution in [0.4, 0.5) is 14.5 Å². The van der Waals surface area contributed by atoms with Crippen LogP contribution < -0.4 is 15.5 Å². The zero-order chi connectivity index (χ0) is 15.9. The monoisotopic (exact) mass is 307 g/mol. The highest BCUT2D eigenvalue weighted by Gasteiger charge is 2.31. The average molecular weight is 307 g/mol. The molecule has 1 aromatic carbocycles. The fraction of sp³-hybridized carbons (Fsp3) is 0.438. The lowest BCUT2D eigenvalue weighted by molar-refractivity contribution is -0.121. The number of nitrogens with one attached hydrogen (secondary N) is 2. The van der Waals surface area contributed by atoms with Gasteiger partial charge in [-0.05, 0) is 25.6 Å². The smallest absolute Gasteiger partial charge is 0.224 e. The number of anilines is 1. The van der Waals surface area contributed by atoms with Gasteiger partial charge in [0, 0.05) is 48.4 Å². The minimum absolute atomic E-state index is 0.000519. The van der Waals surface area contributed by atoms with Gasteiger partial charge in [-0.1, -0.05) is 6.58 Å². The minimum Gasteiger partial charge on any atom is -0.368 e. The predicted molar refractivity (Wildman–Crippen MR) is 80.7 cm³/mol. The number of likely N-dealkylation sites (N-methyl/N-ethyl adjacent to an activating group) is 1. The number of nitrogens with zero attached hydrogens (tertiary/aromatic N) is 1. The lowest BCUT2D eigenvalue weighted by Crippen LogP contribution is -2.57. The van der Waals surface area contributed by atoms with E-state index in [1.54, 1.807) is 0 Å². The number of benzene rings is 1. The Morgan fingerprint density at radius 2 is 1.95 bits per heavy atom. The van der Waals surface area contributed by atoms with Crippen LogP contribution >= 0.6 is 0 Å². The van der Waals surface area contributed by atoms with E-state index in [-0.39, 0.29) is 17.9 Å². The van der Waals surface area contributed by atoms with Crippen molar-refractivity contribution in [2.45, 2.75) is 24.8 Å². The first-order chi connectivity index (χ1) is 10.5. The molecule has 2 aliphatic rings. The lowest BCUT2D eigenvalue weighted by Gasteiger charge is -2.41. The van der Waals surface area contributed by atoms with Gasteiger partial charge in [0.05, 0.1) is 0 Å². The zero-order valence-corrected chi connectivity index (χ0v) is 12.5. The molecule has 1 amide bonds. The molecule has 4 nitrogen and oxygen atoms in total. The highest BCUT2D eigenvalue weighted by atomic mass is 19.1. The molecule has 2 heterocycles. The molecule has 2 N–H and O–H groups in total. The summed E-state index contributed by atoms with van der Waals surface area (Å²) in [7, 11) is 1.87. The third-order valence-electron chi connectivity index (χ3n) is 4.45. The zero-order valence-electron chi connectivity index (χ0n) is 12.5. The van der Waals surface area contributed by atoms with Gasteiger partial charge >= 0.3 is 0 Å². The van der Waals surface area contributed by atoms with Crippen LogP contribution in [0.5, 0.6) is 0 Å². The Labute approximate surface area is 128 Å². The topological polar surface area (TPSA) is 44.4 Å². The molecule has 0 saturated carbocycles. The van der Waals surface area contributed by atoms with Gasteiger partial charge < -0.3 is 15.5 Å². The van der Waals surface area contributed by atoms with Gasteiger partial charge in [-0.25, -0.2) is 8.78 Å². The Bertz CT molecular complexity index is 603. The first-order valence-electron chi connectivity index (χ1n) is 7.39. The van der Waals surface area contributed by atoms with E-state index in [1.165, 1.54) is 12.1 Å². The van der Waals surface area contributed by atoms with Gasteiger partial charge in [-0.15, -0.1) is 0 Å². The quantitative estimate of drug-likeness (QED) is 0.896. The molecule has 3 rings (SSSR count). The van der Waals surface area contributed by atoms with E-state index in [9.17, 15) is 13.6 Å². The highest BCUT2D eigenvalue weighted by Crippen LogP contribution is 2.36. The number of piperidine rings is 1. The van der Waals surface area contributed by atoms with Gasteiger partial charge in [-0.2, -0.15) is 0 Å². The Kier molecular flexibility index (Phi) is 3.87. The number of hydrogen-bond donors (Lipinski definition) is 2. The normalized spacial score (nSPS) is 22.5. The molecule has 0 radical (unpaired) electrons. The number of allylic oxidation sites excluding steroid dienone is 1. The van der Waals surface area contributed by atoms with Crippen LogP contribution in [0.2, 0.25) is 0 Å². The van der Waals surface area contributed by atoms with E-state index in [4.69, 9.17) is 0 Å². The van der Waals surface area contributed by atoms with Gasteiger partial charge in [0.15, 0.2) is 0 Å². The summed E-state index contributed by atoms with van der Waals surface area (Å²) in [6.45, 7) is 5.20. The fourth-order valence-corrected chi connectivity index (χ4v) is 3.06. The minimum atomic E-state index is -0.579. The van der Waals surface area contributed by atoms with E-state index in [1.807, 2.05) is 11.9 Å². The first kappa shape index (κ1) is 15.0. The van der Waals surface area contributed by atoms with Gasteiger partial charge in [0.1, 0.15) is 11.6 Å². The van der Waals surface area contributed by atoms with Crippen LogP contribution in [-0.2, 0) is 4.79 Å². The van der Waals surface area contributed by atoms with Crippen molar-refractivity contribution in [3.8, 4) is 0 Å². The SMILES string of the molecule is C=C1NC(=O)CCC1c1c(F)cc(N2CC(NC)C2)cc1F. The van der Waals surface area contributed by atoms with E-state index in [0.717, 1.165) is 13.1 Å². The molecule has 1 aromatic rings. The molecule has 6 heteroatoms. The average Bonchev–Trinajstić information content (AvgIpc) is 2.39. The number of rotatable bonds is 3. The van der Waals surface area contributed by atoms with Crippen molar-refractivity contribution in [1.29, 1.82) is 0 Å². The second kappa shape index (κ2) is 5.68. The molecule has 2 saturated heterocycles. The maximum Gasteiger partial charge on any atom is 0.224 e. The van der Waals surface area contributed by atoms with E-state index in [2.05, 4.69) is 17.2 Å². The molecule has 1 unspecified atom stereocenters. The molecular weight excluding hydrogens is 288 g/mol. The van der Waals surface area contributed by atoms with E-state index < -0.39 is 17.6 Å². The largest absolute Gasteiger partial charge is 0.368 e. The summed E-state index contributed by atoms with van der Waals surface area (Å²) >= 11 is 0. The molecule has 0 aliphatic carbocycles. The maximum absolute atomic E-state index is 14.4. The molecule has 0 bridgehead atoms. The van der Waals surface area contributed by atoms with Crippen molar-refractivity contribution in [2.75, 3.05) is 25.0 Å². The fourth-order valence-electron chi connectivity index (χ4n) is 3.06. The first-order valence-corrected chi connectivity index (χ1v) is 7.39. The standard InChI is InChI=1S/C16H19F2N3O/c1-9-12(3-4-15(22)20-9)16-13(17)5-11(6-14(16)18)21-7-10(8-21)19-2/h5-6,10,12,19H,1,3-4,7-8H2,2H3,(H,20,22). The summed E-state index contributed by atoms with van der Waals surface area (Å²) in [5.74, 6) is -1.82. The second-order valence-electron chi connectivity index (χ2n) is 5.88. The van der Waals surface area contributed by atoms with Crippen molar-refractivity contribution in [3.05, 3.63) is 41.6 Å². The Morgan fingerprint density at radius 3 is 2.50 bits per heavy atom. The maximum atomic E-state index is 14.4. The van der Waals surface area contributed by atoms with Crippen LogP contribution in [0.15, 0.2) is 24.4 Å². The second-order valence-corrected chi connectivity index (χ2v) is 5.88. The highest BCUT2D eigenvalue weighted by molar-refractivity contribution is 5.79. The number of carbonyl (C=O) groups is 1. The van der Waals surface area contributed by atoms with Crippen LogP contribution in [0.3, 0.4) is 0 Å². The molecular formula is C16H19F2N3O. The molecule has 118 valence electrons. The van der Waals surface area contributed by atoms with Gasteiger partial charge in [0.25, 0.3) is 0 Å². The summed E-state index contributed by atoms with van der Waals surface area (Å²) in [5.41, 5.74) is 0.913. The van der Waals surface area contributed by atoms with Crippen LogP contribution in [0.25, 0.3) is 0 Å². The molecule has 2 fully saturated rings. The molecule has 1 atom stereocenters. The van der Waals surface area contributed by atoms with Crippen LogP contribution in [0.1, 0.15) is 24.3 Å². The Hall–Kier alpha value is -1.95. The van der Waals surface area contributed by atoms with E-state index >= 15 is 0 Å². The van der Waals surface area contributed by atoms with Crippen LogP contribution in [-0.4, -0.2) is 32.1 Å². The Morgan fingerprint density at radius 1 is 1.32 bits per heavy atom. The number of halogens is 2. The van der Waals surface area contributed by atoms with Crippen molar-refractivity contribution in [3.63, 3.8) is 0 Å².